The fourth-order valence-electron chi connectivity index (χ4n) is 1.23. The molecule has 0 fully saturated rings. The minimum Gasteiger partial charge on any atom is -0.493 e. The molecule has 0 aromatic heterocycles. The molecule has 4 nitrogen and oxygen atoms in total. The summed E-state index contributed by atoms with van der Waals surface area (Å²) in [5.74, 6) is 2.01. The molecule has 0 saturated heterocycles. The molecule has 0 heterocycles. The third kappa shape index (κ3) is 4.19. The minimum atomic E-state index is 0.0537. The zero-order valence-electron chi connectivity index (χ0n) is 10.3. The zero-order chi connectivity index (χ0) is 12.7. The lowest BCUT2D eigenvalue weighted by Crippen LogP contribution is -2.21. The van der Waals surface area contributed by atoms with E-state index < -0.39 is 0 Å². The predicted molar refractivity (Wildman–Crippen MR) is 68.7 cm³/mol. The van der Waals surface area contributed by atoms with E-state index in [2.05, 4.69) is 5.32 Å². The Hall–Kier alpha value is -1.36. The number of amides is 1. The van der Waals surface area contributed by atoms with Crippen LogP contribution in [0.5, 0.6) is 11.5 Å². The predicted octanol–water partition coefficient (Wildman–Crippen LogP) is 2.28. The van der Waals surface area contributed by atoms with Gasteiger partial charge >= 0.3 is 0 Å². The van der Waals surface area contributed by atoms with Gasteiger partial charge in [-0.25, -0.2) is 0 Å². The van der Waals surface area contributed by atoms with Crippen molar-refractivity contribution < 1.29 is 14.3 Å². The SMILES string of the molecule is CCC(=O)NCSc1ccc(OC)c(OC)c1. The largest absolute Gasteiger partial charge is 0.493 e. The summed E-state index contributed by atoms with van der Waals surface area (Å²) in [6.07, 6.45) is 0.506. The molecule has 0 aliphatic carbocycles. The fraction of sp³-hybridized carbons (Fsp3) is 0.417. The maximum absolute atomic E-state index is 11.1. The third-order valence-electron chi connectivity index (χ3n) is 2.18. The van der Waals surface area contributed by atoms with Crippen LogP contribution in [0.1, 0.15) is 13.3 Å². The van der Waals surface area contributed by atoms with Gasteiger partial charge in [-0.3, -0.25) is 4.79 Å². The Bertz CT molecular complexity index is 382. The van der Waals surface area contributed by atoms with E-state index in [-0.39, 0.29) is 5.91 Å². The molecule has 0 saturated carbocycles. The van der Waals surface area contributed by atoms with E-state index in [9.17, 15) is 4.79 Å². The minimum absolute atomic E-state index is 0.0537. The maximum Gasteiger partial charge on any atom is 0.220 e. The second-order valence-corrected chi connectivity index (χ2v) is 4.31. The van der Waals surface area contributed by atoms with Crippen molar-refractivity contribution in [2.24, 2.45) is 0 Å². The maximum atomic E-state index is 11.1. The van der Waals surface area contributed by atoms with Crippen LogP contribution in [0.4, 0.5) is 0 Å². The first-order valence-electron chi connectivity index (χ1n) is 5.32. The number of hydrogen-bond donors (Lipinski definition) is 1. The highest BCUT2D eigenvalue weighted by Gasteiger charge is 2.05. The molecular weight excluding hydrogens is 238 g/mol. The average molecular weight is 255 g/mol. The van der Waals surface area contributed by atoms with Crippen molar-refractivity contribution in [1.29, 1.82) is 0 Å². The fourth-order valence-corrected chi connectivity index (χ4v) is 1.99. The lowest BCUT2D eigenvalue weighted by Gasteiger charge is -2.09. The summed E-state index contributed by atoms with van der Waals surface area (Å²) in [5.41, 5.74) is 0. The molecule has 1 amide bonds. The molecule has 0 aliphatic rings. The van der Waals surface area contributed by atoms with Crippen molar-refractivity contribution in [2.45, 2.75) is 18.2 Å². The monoisotopic (exact) mass is 255 g/mol. The molecule has 0 atom stereocenters. The summed E-state index contributed by atoms with van der Waals surface area (Å²) in [7, 11) is 3.21. The first kappa shape index (κ1) is 13.7. The number of methoxy groups -OCH3 is 2. The number of benzene rings is 1. The van der Waals surface area contributed by atoms with Crippen molar-refractivity contribution in [3.8, 4) is 11.5 Å². The van der Waals surface area contributed by atoms with Crippen LogP contribution in [-0.4, -0.2) is 26.0 Å². The number of carbonyl (C=O) groups is 1. The topological polar surface area (TPSA) is 47.6 Å². The van der Waals surface area contributed by atoms with Gasteiger partial charge in [0.1, 0.15) is 0 Å². The van der Waals surface area contributed by atoms with Crippen LogP contribution < -0.4 is 14.8 Å². The Labute approximate surface area is 106 Å². The number of nitrogens with one attached hydrogen (secondary N) is 1. The second kappa shape index (κ2) is 7.06. The van der Waals surface area contributed by atoms with E-state index in [4.69, 9.17) is 9.47 Å². The lowest BCUT2D eigenvalue weighted by molar-refractivity contribution is -0.120. The average Bonchev–Trinajstić information content (AvgIpc) is 2.38. The van der Waals surface area contributed by atoms with Gasteiger partial charge in [0, 0.05) is 11.3 Å². The van der Waals surface area contributed by atoms with E-state index in [1.54, 1.807) is 26.0 Å². The van der Waals surface area contributed by atoms with Crippen LogP contribution in [0.25, 0.3) is 0 Å². The quantitative estimate of drug-likeness (QED) is 0.626. The highest BCUT2D eigenvalue weighted by Crippen LogP contribution is 2.31. The van der Waals surface area contributed by atoms with Gasteiger partial charge in [-0.2, -0.15) is 0 Å². The molecule has 0 radical (unpaired) electrons. The molecule has 0 aliphatic heterocycles. The second-order valence-electron chi connectivity index (χ2n) is 3.26. The molecule has 1 N–H and O–H groups in total. The van der Waals surface area contributed by atoms with E-state index in [1.807, 2.05) is 25.1 Å². The van der Waals surface area contributed by atoms with E-state index in [1.165, 1.54) is 0 Å². The van der Waals surface area contributed by atoms with Crippen LogP contribution in [-0.2, 0) is 4.79 Å². The first-order chi connectivity index (χ1) is 8.21. The Morgan fingerprint density at radius 2 is 2.00 bits per heavy atom. The van der Waals surface area contributed by atoms with Gasteiger partial charge in [-0.05, 0) is 18.2 Å². The van der Waals surface area contributed by atoms with E-state index in [0.29, 0.717) is 23.8 Å². The van der Waals surface area contributed by atoms with Crippen molar-refractivity contribution in [2.75, 3.05) is 20.1 Å². The van der Waals surface area contributed by atoms with Gasteiger partial charge in [0.05, 0.1) is 20.1 Å². The summed E-state index contributed by atoms with van der Waals surface area (Å²) in [6, 6.07) is 5.68. The molecule has 94 valence electrons. The van der Waals surface area contributed by atoms with Crippen molar-refractivity contribution in [3.63, 3.8) is 0 Å². The Morgan fingerprint density at radius 3 is 2.59 bits per heavy atom. The molecule has 17 heavy (non-hydrogen) atoms. The molecule has 1 aromatic carbocycles. The van der Waals surface area contributed by atoms with Crippen LogP contribution in [0.15, 0.2) is 23.1 Å². The van der Waals surface area contributed by atoms with Crippen LogP contribution >= 0.6 is 11.8 Å². The Kier molecular flexibility index (Phi) is 5.69. The van der Waals surface area contributed by atoms with Gasteiger partial charge in [0.25, 0.3) is 0 Å². The van der Waals surface area contributed by atoms with Crippen LogP contribution in [0, 0.1) is 0 Å². The van der Waals surface area contributed by atoms with E-state index in [0.717, 1.165) is 4.90 Å². The number of rotatable bonds is 6. The number of thioether (sulfide) groups is 1. The molecule has 0 bridgehead atoms. The van der Waals surface area contributed by atoms with Gasteiger partial charge < -0.3 is 14.8 Å². The summed E-state index contributed by atoms with van der Waals surface area (Å²) in [5, 5.41) is 2.80. The first-order valence-corrected chi connectivity index (χ1v) is 6.31. The zero-order valence-corrected chi connectivity index (χ0v) is 11.1. The number of carbonyl (C=O) groups excluding carboxylic acids is 1. The lowest BCUT2D eigenvalue weighted by atomic mass is 10.3. The Balaban J connectivity index is 2.57. The molecule has 5 heteroatoms. The van der Waals surface area contributed by atoms with Crippen molar-refractivity contribution >= 4 is 17.7 Å². The molecule has 1 rings (SSSR count). The molecular formula is C12H17NO3S. The molecule has 1 aromatic rings. The summed E-state index contributed by atoms with van der Waals surface area (Å²) in [6.45, 7) is 1.83. The third-order valence-corrected chi connectivity index (χ3v) is 3.06. The number of hydrogen-bond acceptors (Lipinski definition) is 4. The standard InChI is InChI=1S/C12H17NO3S/c1-4-12(14)13-8-17-9-5-6-10(15-2)11(7-9)16-3/h5-7H,4,8H2,1-3H3,(H,13,14). The van der Waals surface area contributed by atoms with Crippen LogP contribution in [0.3, 0.4) is 0 Å². The van der Waals surface area contributed by atoms with Gasteiger partial charge in [0.15, 0.2) is 11.5 Å². The summed E-state index contributed by atoms with van der Waals surface area (Å²) in [4.78, 5) is 12.1. The highest BCUT2D eigenvalue weighted by atomic mass is 32.2. The summed E-state index contributed by atoms with van der Waals surface area (Å²) >= 11 is 1.55. The molecule has 0 unspecified atom stereocenters. The van der Waals surface area contributed by atoms with Gasteiger partial charge in [0.2, 0.25) is 5.91 Å². The van der Waals surface area contributed by atoms with Crippen molar-refractivity contribution in [3.05, 3.63) is 18.2 Å². The van der Waals surface area contributed by atoms with Crippen molar-refractivity contribution in [1.82, 2.24) is 5.32 Å². The normalized spacial score (nSPS) is 9.82. The smallest absolute Gasteiger partial charge is 0.220 e. The van der Waals surface area contributed by atoms with E-state index >= 15 is 0 Å². The Morgan fingerprint density at radius 1 is 1.29 bits per heavy atom. The number of ether oxygens (including phenoxy) is 2. The highest BCUT2D eigenvalue weighted by molar-refractivity contribution is 7.99. The van der Waals surface area contributed by atoms with Gasteiger partial charge in [-0.1, -0.05) is 6.92 Å². The van der Waals surface area contributed by atoms with Gasteiger partial charge in [-0.15, -0.1) is 11.8 Å². The molecule has 0 spiro atoms. The van der Waals surface area contributed by atoms with Crippen LogP contribution in [0.2, 0.25) is 0 Å². The summed E-state index contributed by atoms with van der Waals surface area (Å²) < 4.78 is 10.3.